The maximum absolute atomic E-state index is 5.94. The number of halogens is 1. The first kappa shape index (κ1) is 15.2. The van der Waals surface area contributed by atoms with Crippen molar-refractivity contribution in [2.24, 2.45) is 10.9 Å². The lowest BCUT2D eigenvalue weighted by molar-refractivity contribution is 0.250. The van der Waals surface area contributed by atoms with Gasteiger partial charge in [0.25, 0.3) is 0 Å². The predicted molar refractivity (Wildman–Crippen MR) is 93.3 cm³/mol. The summed E-state index contributed by atoms with van der Waals surface area (Å²) in [7, 11) is 0. The maximum atomic E-state index is 5.94. The Labute approximate surface area is 136 Å². The summed E-state index contributed by atoms with van der Waals surface area (Å²) in [5.74, 6) is 2.06. The highest BCUT2D eigenvalue weighted by molar-refractivity contribution is 8.14. The van der Waals surface area contributed by atoms with E-state index in [1.165, 1.54) is 37.0 Å². The van der Waals surface area contributed by atoms with Crippen LogP contribution in [0.4, 0.5) is 0 Å². The molecule has 0 radical (unpaired) electrons. The molecule has 3 rings (SSSR count). The smallest absolute Gasteiger partial charge is 0.157 e. The van der Waals surface area contributed by atoms with Gasteiger partial charge in [0, 0.05) is 16.3 Å². The van der Waals surface area contributed by atoms with E-state index in [1.54, 1.807) is 0 Å². The zero-order valence-corrected chi connectivity index (χ0v) is 14.3. The highest BCUT2D eigenvalue weighted by atomic mass is 35.5. The van der Waals surface area contributed by atoms with E-state index in [0.29, 0.717) is 5.54 Å². The second kappa shape index (κ2) is 6.21. The Bertz CT molecular complexity index is 518. The van der Waals surface area contributed by atoms with Crippen LogP contribution in [-0.2, 0) is 0 Å². The monoisotopic (exact) mass is 322 g/mol. The molecule has 1 aromatic carbocycles. The van der Waals surface area contributed by atoms with Crippen LogP contribution in [0.2, 0.25) is 5.02 Å². The fourth-order valence-electron chi connectivity index (χ4n) is 3.15. The third-order valence-corrected chi connectivity index (χ3v) is 6.18. The molecule has 1 spiro atoms. The molecule has 21 heavy (non-hydrogen) atoms. The Morgan fingerprint density at radius 2 is 1.95 bits per heavy atom. The van der Waals surface area contributed by atoms with Gasteiger partial charge in [-0.3, -0.25) is 4.99 Å². The molecule has 1 heterocycles. The topological polar surface area (TPSA) is 24.4 Å². The normalized spacial score (nSPS) is 32.3. The van der Waals surface area contributed by atoms with Crippen LogP contribution in [0.3, 0.4) is 0 Å². The van der Waals surface area contributed by atoms with Gasteiger partial charge in [-0.2, -0.15) is 0 Å². The number of nitrogens with zero attached hydrogens (tertiary/aromatic N) is 1. The third kappa shape index (κ3) is 3.57. The number of thioether (sulfide) groups is 1. The minimum Gasteiger partial charge on any atom is -0.359 e. The average Bonchev–Trinajstić information content (AvgIpc) is 2.86. The lowest BCUT2D eigenvalue weighted by Crippen LogP contribution is -2.46. The summed E-state index contributed by atoms with van der Waals surface area (Å²) >= 11 is 7.83. The predicted octanol–water partition coefficient (Wildman–Crippen LogP) is 5.04. The number of hydrogen-bond donors (Lipinski definition) is 1. The molecule has 2 aliphatic rings. The molecular formula is C17H23ClN2S. The van der Waals surface area contributed by atoms with Gasteiger partial charge in [-0.25, -0.2) is 0 Å². The van der Waals surface area contributed by atoms with Gasteiger partial charge in [-0.05, 0) is 56.2 Å². The number of amidine groups is 1. The maximum Gasteiger partial charge on any atom is 0.157 e. The van der Waals surface area contributed by atoms with Crippen LogP contribution in [0.1, 0.15) is 51.1 Å². The summed E-state index contributed by atoms with van der Waals surface area (Å²) < 4.78 is 0. The molecule has 1 saturated carbocycles. The number of rotatable bonds is 2. The van der Waals surface area contributed by atoms with Gasteiger partial charge in [0.05, 0.1) is 6.04 Å². The van der Waals surface area contributed by atoms with Crippen molar-refractivity contribution in [3.8, 4) is 0 Å². The Morgan fingerprint density at radius 1 is 1.29 bits per heavy atom. The van der Waals surface area contributed by atoms with Crippen molar-refractivity contribution in [1.82, 2.24) is 5.32 Å². The molecule has 1 aliphatic heterocycles. The van der Waals surface area contributed by atoms with E-state index in [0.717, 1.165) is 16.1 Å². The Kier molecular flexibility index (Phi) is 4.51. The molecule has 4 heteroatoms. The second-order valence-corrected chi connectivity index (χ2v) is 7.94. The van der Waals surface area contributed by atoms with E-state index in [2.05, 4.69) is 31.3 Å². The first-order valence-corrected chi connectivity index (χ1v) is 9.17. The molecule has 0 bridgehead atoms. The van der Waals surface area contributed by atoms with Crippen molar-refractivity contribution < 1.29 is 0 Å². The van der Waals surface area contributed by atoms with Crippen LogP contribution in [0, 0.1) is 5.92 Å². The van der Waals surface area contributed by atoms with Gasteiger partial charge < -0.3 is 5.32 Å². The Hall–Kier alpha value is -0.670. The summed E-state index contributed by atoms with van der Waals surface area (Å²) in [6.07, 6.45) is 5.26. The molecule has 2 nitrogen and oxygen atoms in total. The largest absolute Gasteiger partial charge is 0.359 e. The quantitative estimate of drug-likeness (QED) is 0.824. The molecule has 1 atom stereocenters. The molecule has 1 N–H and O–H groups in total. The van der Waals surface area contributed by atoms with Gasteiger partial charge in [0.1, 0.15) is 0 Å². The van der Waals surface area contributed by atoms with Crippen molar-refractivity contribution in [3.63, 3.8) is 0 Å². The molecular weight excluding hydrogens is 300 g/mol. The minimum absolute atomic E-state index is 0.176. The number of aliphatic imine (C=N–C) groups is 1. The molecule has 1 saturated heterocycles. The second-order valence-electron chi connectivity index (χ2n) is 6.54. The SMILES string of the molecule is CC1CCC2(CC1)CSC(=NC(C)c1ccc(Cl)cc1)N2. The first-order chi connectivity index (χ1) is 10.1. The molecule has 114 valence electrons. The van der Waals surface area contributed by atoms with Crippen LogP contribution in [-0.4, -0.2) is 16.5 Å². The minimum atomic E-state index is 0.176. The average molecular weight is 323 g/mol. The molecule has 2 fully saturated rings. The number of hydrogen-bond acceptors (Lipinski definition) is 2. The van der Waals surface area contributed by atoms with E-state index in [4.69, 9.17) is 16.6 Å². The summed E-state index contributed by atoms with van der Waals surface area (Å²) in [6, 6.07) is 8.18. The Balaban J connectivity index is 1.66. The van der Waals surface area contributed by atoms with Crippen molar-refractivity contribution in [2.75, 3.05) is 5.75 Å². The van der Waals surface area contributed by atoms with Crippen molar-refractivity contribution in [2.45, 2.75) is 51.1 Å². The first-order valence-electron chi connectivity index (χ1n) is 7.81. The van der Waals surface area contributed by atoms with Crippen LogP contribution < -0.4 is 5.32 Å². The summed E-state index contributed by atoms with van der Waals surface area (Å²) in [5, 5.41) is 5.62. The number of nitrogens with one attached hydrogen (secondary N) is 1. The fourth-order valence-corrected chi connectivity index (χ4v) is 4.57. The van der Waals surface area contributed by atoms with E-state index in [1.807, 2.05) is 23.9 Å². The van der Waals surface area contributed by atoms with Crippen molar-refractivity contribution in [1.29, 1.82) is 0 Å². The molecule has 1 unspecified atom stereocenters. The van der Waals surface area contributed by atoms with E-state index in [-0.39, 0.29) is 6.04 Å². The van der Waals surface area contributed by atoms with Gasteiger partial charge in [-0.1, -0.05) is 42.4 Å². The zero-order chi connectivity index (χ0) is 14.9. The summed E-state index contributed by atoms with van der Waals surface area (Å²) in [5.41, 5.74) is 1.53. The highest BCUT2D eigenvalue weighted by Gasteiger charge is 2.39. The van der Waals surface area contributed by atoms with Crippen LogP contribution in [0.5, 0.6) is 0 Å². The van der Waals surface area contributed by atoms with E-state index < -0.39 is 0 Å². The van der Waals surface area contributed by atoms with Gasteiger partial charge >= 0.3 is 0 Å². The van der Waals surface area contributed by atoms with Gasteiger partial charge in [-0.15, -0.1) is 0 Å². The summed E-state index contributed by atoms with van der Waals surface area (Å²) in [6.45, 7) is 4.51. The third-order valence-electron chi connectivity index (χ3n) is 4.75. The lowest BCUT2D eigenvalue weighted by Gasteiger charge is -2.35. The van der Waals surface area contributed by atoms with Crippen LogP contribution in [0.25, 0.3) is 0 Å². The molecule has 0 aromatic heterocycles. The van der Waals surface area contributed by atoms with Crippen LogP contribution >= 0.6 is 23.4 Å². The van der Waals surface area contributed by atoms with Crippen molar-refractivity contribution in [3.05, 3.63) is 34.9 Å². The molecule has 0 amide bonds. The standard InChI is InChI=1S/C17H23ClN2S/c1-12-7-9-17(10-8-12)11-21-16(20-17)19-13(2)14-3-5-15(18)6-4-14/h3-6,12-13H,7-11H2,1-2H3,(H,19,20). The fraction of sp³-hybridized carbons (Fsp3) is 0.588. The van der Waals surface area contributed by atoms with Gasteiger partial charge in [0.2, 0.25) is 0 Å². The Morgan fingerprint density at radius 3 is 2.62 bits per heavy atom. The van der Waals surface area contributed by atoms with Crippen LogP contribution in [0.15, 0.2) is 29.3 Å². The highest BCUT2D eigenvalue weighted by Crippen LogP contribution is 2.38. The molecule has 1 aliphatic carbocycles. The van der Waals surface area contributed by atoms with E-state index in [9.17, 15) is 0 Å². The van der Waals surface area contributed by atoms with E-state index >= 15 is 0 Å². The zero-order valence-electron chi connectivity index (χ0n) is 12.7. The van der Waals surface area contributed by atoms with Crippen molar-refractivity contribution >= 4 is 28.5 Å². The number of benzene rings is 1. The molecule has 1 aromatic rings. The van der Waals surface area contributed by atoms with Gasteiger partial charge in [0.15, 0.2) is 5.17 Å². The lowest BCUT2D eigenvalue weighted by atomic mass is 9.78. The summed E-state index contributed by atoms with van der Waals surface area (Å²) in [4.78, 5) is 4.87.